The summed E-state index contributed by atoms with van der Waals surface area (Å²) in [5.74, 6) is -1.05. The van der Waals surface area contributed by atoms with Gasteiger partial charge < -0.3 is 5.73 Å². The quantitative estimate of drug-likeness (QED) is 0.750. The van der Waals surface area contributed by atoms with Crippen molar-refractivity contribution in [2.75, 3.05) is 0 Å². The number of nitrogens with two attached hydrogens (primary N) is 1. The molecule has 1 unspecified atom stereocenters. The summed E-state index contributed by atoms with van der Waals surface area (Å²) in [5, 5.41) is 0. The third-order valence-electron chi connectivity index (χ3n) is 1.96. The monoisotopic (exact) mass is 185 g/mol. The van der Waals surface area contributed by atoms with E-state index in [1.165, 1.54) is 6.07 Å². The van der Waals surface area contributed by atoms with Crippen molar-refractivity contribution in [3.8, 4) is 0 Å². The van der Waals surface area contributed by atoms with Crippen LogP contribution in [0, 0.1) is 18.6 Å². The summed E-state index contributed by atoms with van der Waals surface area (Å²) in [6.45, 7) is 3.44. The molecule has 0 radical (unpaired) electrons. The van der Waals surface area contributed by atoms with E-state index in [9.17, 15) is 8.78 Å². The zero-order valence-corrected chi connectivity index (χ0v) is 7.77. The molecule has 1 atom stereocenters. The van der Waals surface area contributed by atoms with Gasteiger partial charge in [0.15, 0.2) is 0 Å². The highest BCUT2D eigenvalue weighted by molar-refractivity contribution is 5.28. The van der Waals surface area contributed by atoms with Gasteiger partial charge in [-0.15, -0.1) is 0 Å². The number of hydrogen-bond acceptors (Lipinski definition) is 1. The van der Waals surface area contributed by atoms with Gasteiger partial charge >= 0.3 is 0 Å². The van der Waals surface area contributed by atoms with Crippen LogP contribution in [0.1, 0.15) is 18.1 Å². The molecule has 0 saturated heterocycles. The summed E-state index contributed by atoms with van der Waals surface area (Å²) >= 11 is 0. The molecule has 2 N–H and O–H groups in total. The van der Waals surface area contributed by atoms with Crippen molar-refractivity contribution >= 4 is 0 Å². The Bertz CT molecular complexity index is 308. The first-order chi connectivity index (χ1) is 6.00. The molecule has 3 heteroatoms. The normalized spacial score (nSPS) is 13.0. The highest BCUT2D eigenvalue weighted by Crippen LogP contribution is 2.16. The van der Waals surface area contributed by atoms with Crippen LogP contribution in [0.25, 0.3) is 0 Å². The molecule has 1 aromatic carbocycles. The molecule has 13 heavy (non-hydrogen) atoms. The fourth-order valence-corrected chi connectivity index (χ4v) is 1.26. The molecule has 1 rings (SSSR count). The summed E-state index contributed by atoms with van der Waals surface area (Å²) in [5.41, 5.74) is 6.68. The van der Waals surface area contributed by atoms with E-state index in [1.54, 1.807) is 6.92 Å². The second-order valence-corrected chi connectivity index (χ2v) is 3.35. The minimum Gasteiger partial charge on any atom is -0.328 e. The van der Waals surface area contributed by atoms with Crippen LogP contribution in [0.5, 0.6) is 0 Å². The van der Waals surface area contributed by atoms with Crippen molar-refractivity contribution in [3.05, 3.63) is 34.9 Å². The summed E-state index contributed by atoms with van der Waals surface area (Å²) in [6, 6.07) is 2.14. The Morgan fingerprint density at radius 1 is 1.38 bits per heavy atom. The second-order valence-electron chi connectivity index (χ2n) is 3.35. The molecule has 0 aliphatic carbocycles. The van der Waals surface area contributed by atoms with Crippen LogP contribution in [0.2, 0.25) is 0 Å². The maximum atomic E-state index is 13.0. The number of rotatable bonds is 2. The van der Waals surface area contributed by atoms with Gasteiger partial charge in [0.2, 0.25) is 0 Å². The fraction of sp³-hybridized carbons (Fsp3) is 0.400. The molecule has 0 heterocycles. The Kier molecular flexibility index (Phi) is 2.98. The van der Waals surface area contributed by atoms with Crippen LogP contribution >= 0.6 is 0 Å². The summed E-state index contributed by atoms with van der Waals surface area (Å²) in [4.78, 5) is 0. The lowest BCUT2D eigenvalue weighted by atomic mass is 10.0. The maximum absolute atomic E-state index is 13.0. The highest BCUT2D eigenvalue weighted by Gasteiger charge is 2.08. The third-order valence-corrected chi connectivity index (χ3v) is 1.96. The third kappa shape index (κ3) is 2.49. The van der Waals surface area contributed by atoms with Crippen LogP contribution in [0.4, 0.5) is 8.78 Å². The van der Waals surface area contributed by atoms with Gasteiger partial charge in [0.25, 0.3) is 0 Å². The van der Waals surface area contributed by atoms with E-state index in [1.807, 2.05) is 6.92 Å². The summed E-state index contributed by atoms with van der Waals surface area (Å²) < 4.78 is 25.8. The van der Waals surface area contributed by atoms with Gasteiger partial charge in [0, 0.05) is 12.1 Å². The lowest BCUT2D eigenvalue weighted by Crippen LogP contribution is -2.18. The zero-order valence-electron chi connectivity index (χ0n) is 7.77. The second kappa shape index (κ2) is 3.83. The molecule has 0 fully saturated rings. The Balaban J connectivity index is 3.05. The van der Waals surface area contributed by atoms with Crippen molar-refractivity contribution < 1.29 is 8.78 Å². The van der Waals surface area contributed by atoms with Gasteiger partial charge in [0.05, 0.1) is 0 Å². The van der Waals surface area contributed by atoms with Crippen LogP contribution < -0.4 is 5.73 Å². The molecule has 0 aromatic heterocycles. The molecule has 0 bridgehead atoms. The van der Waals surface area contributed by atoms with E-state index >= 15 is 0 Å². The standard InChI is InChI=1S/C10H13F2N/c1-6(13)3-8-4-9(11)5-10(12)7(8)2/h4-6H,3,13H2,1-2H3. The van der Waals surface area contributed by atoms with Crippen molar-refractivity contribution in [1.82, 2.24) is 0 Å². The molecule has 1 nitrogen and oxygen atoms in total. The van der Waals surface area contributed by atoms with Gasteiger partial charge in [0.1, 0.15) is 11.6 Å². The van der Waals surface area contributed by atoms with Crippen LogP contribution in [0.3, 0.4) is 0 Å². The van der Waals surface area contributed by atoms with Crippen molar-refractivity contribution in [2.45, 2.75) is 26.3 Å². The minimum atomic E-state index is -0.543. The molecule has 0 saturated carbocycles. The Morgan fingerprint density at radius 2 is 2.00 bits per heavy atom. The van der Waals surface area contributed by atoms with Crippen LogP contribution in [0.15, 0.2) is 12.1 Å². The lowest BCUT2D eigenvalue weighted by molar-refractivity contribution is 0.570. The van der Waals surface area contributed by atoms with Crippen LogP contribution in [-0.4, -0.2) is 6.04 Å². The molecular formula is C10H13F2N. The minimum absolute atomic E-state index is 0.0834. The Labute approximate surface area is 76.6 Å². The largest absolute Gasteiger partial charge is 0.328 e. The topological polar surface area (TPSA) is 26.0 Å². The predicted octanol–water partition coefficient (Wildman–Crippen LogP) is 2.16. The van der Waals surface area contributed by atoms with Gasteiger partial charge in [-0.25, -0.2) is 8.78 Å². The molecule has 0 amide bonds. The van der Waals surface area contributed by atoms with E-state index in [-0.39, 0.29) is 6.04 Å². The van der Waals surface area contributed by atoms with E-state index in [4.69, 9.17) is 5.73 Å². The van der Waals surface area contributed by atoms with Crippen molar-refractivity contribution in [2.24, 2.45) is 5.73 Å². The smallest absolute Gasteiger partial charge is 0.129 e. The fourth-order valence-electron chi connectivity index (χ4n) is 1.26. The first-order valence-electron chi connectivity index (χ1n) is 4.21. The lowest BCUT2D eigenvalue weighted by Gasteiger charge is -2.09. The van der Waals surface area contributed by atoms with E-state index in [0.717, 1.165) is 6.07 Å². The van der Waals surface area contributed by atoms with Crippen LogP contribution in [-0.2, 0) is 6.42 Å². The Morgan fingerprint density at radius 3 is 2.54 bits per heavy atom. The van der Waals surface area contributed by atoms with E-state index in [0.29, 0.717) is 17.5 Å². The molecule has 0 spiro atoms. The highest BCUT2D eigenvalue weighted by atomic mass is 19.1. The number of hydrogen-bond donors (Lipinski definition) is 1. The van der Waals surface area contributed by atoms with Gasteiger partial charge in [-0.3, -0.25) is 0 Å². The SMILES string of the molecule is Cc1c(F)cc(F)cc1CC(C)N. The number of benzene rings is 1. The molecule has 0 aliphatic heterocycles. The molecular weight excluding hydrogens is 172 g/mol. The summed E-state index contributed by atoms with van der Waals surface area (Å²) in [7, 11) is 0. The summed E-state index contributed by atoms with van der Waals surface area (Å²) in [6.07, 6.45) is 0.501. The van der Waals surface area contributed by atoms with Gasteiger partial charge in [-0.05, 0) is 37.5 Å². The number of halogens is 2. The van der Waals surface area contributed by atoms with E-state index < -0.39 is 11.6 Å². The molecule has 72 valence electrons. The molecule has 1 aromatic rings. The maximum Gasteiger partial charge on any atom is 0.129 e. The van der Waals surface area contributed by atoms with E-state index in [2.05, 4.69) is 0 Å². The first-order valence-corrected chi connectivity index (χ1v) is 4.21. The first kappa shape index (κ1) is 10.1. The van der Waals surface area contributed by atoms with Gasteiger partial charge in [-0.1, -0.05) is 0 Å². The Hall–Kier alpha value is -0.960. The molecule has 0 aliphatic rings. The average Bonchev–Trinajstić information content (AvgIpc) is 1.98. The zero-order chi connectivity index (χ0) is 10.0. The van der Waals surface area contributed by atoms with Crippen molar-refractivity contribution in [1.29, 1.82) is 0 Å². The average molecular weight is 185 g/mol. The predicted molar refractivity (Wildman–Crippen MR) is 48.4 cm³/mol. The van der Waals surface area contributed by atoms with Crippen molar-refractivity contribution in [3.63, 3.8) is 0 Å². The van der Waals surface area contributed by atoms with Gasteiger partial charge in [-0.2, -0.15) is 0 Å².